The molecule has 1 aromatic carbocycles. The second-order valence-electron chi connectivity index (χ2n) is 9.47. The van der Waals surface area contributed by atoms with Crippen molar-refractivity contribution in [3.05, 3.63) is 54.2 Å². The van der Waals surface area contributed by atoms with Crippen molar-refractivity contribution in [3.63, 3.8) is 0 Å². The molecule has 0 spiro atoms. The van der Waals surface area contributed by atoms with Crippen molar-refractivity contribution in [3.8, 4) is 0 Å². The highest BCUT2D eigenvalue weighted by atomic mass is 32.1. The third-order valence-corrected chi connectivity index (χ3v) is 7.02. The molecule has 0 fully saturated rings. The van der Waals surface area contributed by atoms with Gasteiger partial charge >= 0.3 is 5.97 Å². The minimum atomic E-state index is -1.17. The van der Waals surface area contributed by atoms with Crippen LogP contribution in [0.5, 0.6) is 0 Å². The number of hydrogen-bond acceptors (Lipinski definition) is 7. The van der Waals surface area contributed by atoms with E-state index in [-0.39, 0.29) is 24.5 Å². The number of H-pyrrole nitrogens is 2. The molecule has 0 bridgehead atoms. The van der Waals surface area contributed by atoms with Crippen LogP contribution in [-0.2, 0) is 32.0 Å². The Kier molecular flexibility index (Phi) is 10.5. The number of aromatic amines is 2. The number of rotatable bonds is 14. The van der Waals surface area contributed by atoms with E-state index >= 15 is 0 Å². The second kappa shape index (κ2) is 13.8. The van der Waals surface area contributed by atoms with Gasteiger partial charge in [-0.05, 0) is 17.5 Å². The lowest BCUT2D eigenvalue weighted by Gasteiger charge is -2.26. The lowest BCUT2D eigenvalue weighted by molar-refractivity contribution is -0.143. The summed E-state index contributed by atoms with van der Waals surface area (Å²) < 4.78 is 0. The number of aliphatic carboxylic acids is 1. The van der Waals surface area contributed by atoms with E-state index in [9.17, 15) is 24.3 Å². The van der Waals surface area contributed by atoms with Crippen LogP contribution in [0.15, 0.2) is 43.0 Å². The first-order chi connectivity index (χ1) is 18.6. The van der Waals surface area contributed by atoms with Crippen LogP contribution in [0.2, 0.25) is 0 Å². The molecule has 3 amide bonds. The number of carbonyl (C=O) groups excluding carboxylic acids is 3. The molecule has 13 heteroatoms. The molecule has 0 saturated carbocycles. The normalized spacial score (nSPS) is 15.1. The van der Waals surface area contributed by atoms with Gasteiger partial charge in [-0.1, -0.05) is 38.5 Å². The number of hydrogen-bond donors (Lipinski definition) is 8. The Hall–Kier alpha value is -3.84. The number of amides is 3. The van der Waals surface area contributed by atoms with E-state index in [1.165, 1.54) is 6.33 Å². The maximum atomic E-state index is 13.4. The average Bonchev–Trinajstić information content (AvgIpc) is 3.59. The number of imidazole rings is 1. The molecular weight excluding hydrogens is 522 g/mol. The number of fused-ring (bicyclic) bond motifs is 1. The summed E-state index contributed by atoms with van der Waals surface area (Å²) in [6.45, 7) is 3.53. The van der Waals surface area contributed by atoms with Gasteiger partial charge in [-0.3, -0.25) is 14.4 Å². The third-order valence-electron chi connectivity index (χ3n) is 6.66. The molecule has 8 N–H and O–H groups in total. The lowest BCUT2D eigenvalue weighted by atomic mass is 9.99. The summed E-state index contributed by atoms with van der Waals surface area (Å²) in [6, 6.07) is 3.24. The molecule has 5 unspecified atom stereocenters. The molecule has 5 atom stereocenters. The van der Waals surface area contributed by atoms with Crippen molar-refractivity contribution in [2.24, 2.45) is 11.7 Å². The number of carboxylic acids is 1. The molecule has 0 aliphatic rings. The number of thiol groups is 1. The van der Waals surface area contributed by atoms with Gasteiger partial charge in [0.25, 0.3) is 0 Å². The van der Waals surface area contributed by atoms with Gasteiger partial charge in [0.1, 0.15) is 18.1 Å². The summed E-state index contributed by atoms with van der Waals surface area (Å²) >= 11 is 4.19. The molecule has 0 aliphatic heterocycles. The first-order valence-electron chi connectivity index (χ1n) is 12.7. The number of carbonyl (C=O) groups is 4. The summed E-state index contributed by atoms with van der Waals surface area (Å²) in [5, 5.41) is 18.2. The molecule has 0 radical (unpaired) electrons. The zero-order valence-electron chi connectivity index (χ0n) is 21.8. The predicted octanol–water partition coefficient (Wildman–Crippen LogP) is 0.518. The molecule has 3 rings (SSSR count). The van der Waals surface area contributed by atoms with Gasteiger partial charge in [0, 0.05) is 47.6 Å². The number of nitrogens with zero attached hydrogens (tertiary/aromatic N) is 1. The minimum absolute atomic E-state index is 0.0858. The summed E-state index contributed by atoms with van der Waals surface area (Å²) in [4.78, 5) is 60.9. The van der Waals surface area contributed by atoms with Crippen LogP contribution in [-0.4, -0.2) is 73.7 Å². The Bertz CT molecular complexity index is 1280. The number of para-hydroxylation sites is 1. The fraction of sp³-hybridized carbons (Fsp3) is 0.423. The average molecular weight is 558 g/mol. The van der Waals surface area contributed by atoms with Crippen LogP contribution < -0.4 is 21.7 Å². The largest absolute Gasteiger partial charge is 0.480 e. The molecule has 210 valence electrons. The second-order valence-corrected chi connectivity index (χ2v) is 9.83. The minimum Gasteiger partial charge on any atom is -0.480 e. The number of nitrogens with one attached hydrogen (secondary N) is 5. The van der Waals surface area contributed by atoms with Gasteiger partial charge in [-0.25, -0.2) is 9.78 Å². The number of benzene rings is 1. The summed E-state index contributed by atoms with van der Waals surface area (Å²) in [6.07, 6.45) is 5.63. The zero-order chi connectivity index (χ0) is 28.5. The van der Waals surface area contributed by atoms with Crippen molar-refractivity contribution in [1.29, 1.82) is 0 Å². The van der Waals surface area contributed by atoms with Crippen molar-refractivity contribution < 1.29 is 24.3 Å². The Morgan fingerprint density at radius 3 is 2.36 bits per heavy atom. The van der Waals surface area contributed by atoms with Crippen molar-refractivity contribution >= 4 is 47.2 Å². The Balaban J connectivity index is 1.78. The van der Waals surface area contributed by atoms with Gasteiger partial charge in [-0.15, -0.1) is 0 Å². The van der Waals surface area contributed by atoms with Crippen LogP contribution in [0.4, 0.5) is 0 Å². The Morgan fingerprint density at radius 1 is 1.03 bits per heavy atom. The lowest BCUT2D eigenvalue weighted by Crippen LogP contribution is -2.58. The molecule has 2 aromatic heterocycles. The zero-order valence-corrected chi connectivity index (χ0v) is 22.7. The van der Waals surface area contributed by atoms with Crippen molar-refractivity contribution in [1.82, 2.24) is 30.9 Å². The third kappa shape index (κ3) is 7.83. The Labute approximate surface area is 231 Å². The molecule has 12 nitrogen and oxygen atoms in total. The van der Waals surface area contributed by atoms with Gasteiger partial charge in [0.2, 0.25) is 17.7 Å². The summed E-state index contributed by atoms with van der Waals surface area (Å²) in [5.74, 6) is -3.45. The highest BCUT2D eigenvalue weighted by Crippen LogP contribution is 2.19. The van der Waals surface area contributed by atoms with E-state index in [4.69, 9.17) is 5.73 Å². The summed E-state index contributed by atoms with van der Waals surface area (Å²) in [7, 11) is 0. The van der Waals surface area contributed by atoms with Crippen LogP contribution in [0.1, 0.15) is 31.5 Å². The van der Waals surface area contributed by atoms with E-state index in [0.29, 0.717) is 12.1 Å². The highest BCUT2D eigenvalue weighted by Gasteiger charge is 2.32. The number of carboxylic acid groups (broad SMARTS) is 1. The van der Waals surface area contributed by atoms with Crippen LogP contribution in [0.3, 0.4) is 0 Å². The molecule has 0 aliphatic carbocycles. The molecule has 3 aromatic rings. The van der Waals surface area contributed by atoms with Crippen molar-refractivity contribution in [2.75, 3.05) is 5.75 Å². The number of aromatic nitrogens is 3. The Morgan fingerprint density at radius 2 is 1.72 bits per heavy atom. The first kappa shape index (κ1) is 29.7. The van der Waals surface area contributed by atoms with Crippen molar-refractivity contribution in [2.45, 2.75) is 57.3 Å². The van der Waals surface area contributed by atoms with Crippen LogP contribution in [0.25, 0.3) is 10.9 Å². The van der Waals surface area contributed by atoms with Crippen LogP contribution in [0, 0.1) is 5.92 Å². The maximum Gasteiger partial charge on any atom is 0.326 e. The monoisotopic (exact) mass is 557 g/mol. The molecular formula is C26H35N7O5S. The number of nitrogens with two attached hydrogens (primary N) is 1. The van der Waals surface area contributed by atoms with E-state index < -0.39 is 47.9 Å². The fourth-order valence-corrected chi connectivity index (χ4v) is 4.39. The standard InChI is InChI=1S/C26H35N7O5S/c1-3-14(2)22(26(37)38)33-25(36)21(12-39)32-24(35)20(8-15-10-29-19-7-5-4-6-17(15)19)31-23(34)18(27)9-16-11-28-13-30-16/h4-7,10-11,13-14,18,20-22,29,39H,3,8-9,12,27H2,1-2H3,(H,28,30)(H,31,34)(H,32,35)(H,33,36)(H,37,38). The van der Waals surface area contributed by atoms with E-state index in [2.05, 4.69) is 43.5 Å². The highest BCUT2D eigenvalue weighted by molar-refractivity contribution is 7.80. The van der Waals surface area contributed by atoms with Gasteiger partial charge in [0.05, 0.1) is 12.4 Å². The smallest absolute Gasteiger partial charge is 0.326 e. The SMILES string of the molecule is CCC(C)C(NC(=O)C(CS)NC(=O)C(Cc1c[nH]c2ccccc12)NC(=O)C(N)Cc1cnc[nH]1)C(=O)O. The molecule has 0 saturated heterocycles. The predicted molar refractivity (Wildman–Crippen MR) is 149 cm³/mol. The fourth-order valence-electron chi connectivity index (χ4n) is 4.14. The quantitative estimate of drug-likeness (QED) is 0.132. The summed E-state index contributed by atoms with van der Waals surface area (Å²) in [5.41, 5.74) is 8.40. The van der Waals surface area contributed by atoms with Gasteiger partial charge in [0.15, 0.2) is 0 Å². The van der Waals surface area contributed by atoms with E-state index in [1.807, 2.05) is 31.2 Å². The van der Waals surface area contributed by atoms with Gasteiger partial charge in [-0.2, -0.15) is 12.6 Å². The van der Waals surface area contributed by atoms with Crippen LogP contribution >= 0.6 is 12.6 Å². The first-order valence-corrected chi connectivity index (χ1v) is 13.3. The molecule has 2 heterocycles. The topological polar surface area (TPSA) is 195 Å². The van der Waals surface area contributed by atoms with E-state index in [0.717, 1.165) is 16.5 Å². The van der Waals surface area contributed by atoms with E-state index in [1.54, 1.807) is 19.3 Å². The molecule has 39 heavy (non-hydrogen) atoms. The van der Waals surface area contributed by atoms with Gasteiger partial charge < -0.3 is 36.8 Å². The maximum absolute atomic E-state index is 13.4.